The van der Waals surface area contributed by atoms with E-state index in [4.69, 9.17) is 4.74 Å². The standard InChI is InChI=1S/C17H14F3NO3/c1-23-15-5-3-2-4-12(15)6-11-16(22)21-13-7-9-14(10-8-13)24-17(18,19)20/h2-11H,1H3,(H,21,22). The predicted molar refractivity (Wildman–Crippen MR) is 83.8 cm³/mol. The highest BCUT2D eigenvalue weighted by atomic mass is 19.4. The molecule has 0 unspecified atom stereocenters. The van der Waals surface area contributed by atoms with E-state index in [0.717, 1.165) is 17.7 Å². The smallest absolute Gasteiger partial charge is 0.496 e. The molecule has 2 rings (SSSR count). The van der Waals surface area contributed by atoms with E-state index in [1.165, 1.54) is 25.3 Å². The largest absolute Gasteiger partial charge is 0.573 e. The molecule has 1 amide bonds. The zero-order valence-electron chi connectivity index (χ0n) is 12.6. The summed E-state index contributed by atoms with van der Waals surface area (Å²) >= 11 is 0. The summed E-state index contributed by atoms with van der Waals surface area (Å²) in [5.41, 5.74) is 1.07. The van der Waals surface area contributed by atoms with E-state index in [9.17, 15) is 18.0 Å². The van der Waals surface area contributed by atoms with Gasteiger partial charge < -0.3 is 14.8 Å². The van der Waals surface area contributed by atoms with Crippen molar-refractivity contribution in [2.45, 2.75) is 6.36 Å². The monoisotopic (exact) mass is 337 g/mol. The number of carbonyl (C=O) groups is 1. The molecule has 0 saturated carbocycles. The molecule has 0 aliphatic heterocycles. The Morgan fingerprint density at radius 2 is 1.75 bits per heavy atom. The van der Waals surface area contributed by atoms with Crippen LogP contribution in [-0.4, -0.2) is 19.4 Å². The van der Waals surface area contributed by atoms with Crippen molar-refractivity contribution in [1.82, 2.24) is 0 Å². The second kappa shape index (κ2) is 7.54. The van der Waals surface area contributed by atoms with E-state index in [0.29, 0.717) is 11.4 Å². The molecule has 0 aliphatic rings. The number of nitrogens with one attached hydrogen (secondary N) is 1. The van der Waals surface area contributed by atoms with Gasteiger partial charge in [0.25, 0.3) is 0 Å². The van der Waals surface area contributed by atoms with Crippen LogP contribution >= 0.6 is 0 Å². The van der Waals surface area contributed by atoms with E-state index in [1.54, 1.807) is 30.3 Å². The third-order valence-electron chi connectivity index (χ3n) is 2.91. The van der Waals surface area contributed by atoms with Crippen molar-refractivity contribution < 1.29 is 27.4 Å². The molecular formula is C17H14F3NO3. The second-order valence-electron chi connectivity index (χ2n) is 4.64. The zero-order valence-corrected chi connectivity index (χ0v) is 12.6. The van der Waals surface area contributed by atoms with Crippen LogP contribution in [0.2, 0.25) is 0 Å². The summed E-state index contributed by atoms with van der Waals surface area (Å²) in [7, 11) is 1.53. The van der Waals surface area contributed by atoms with Crippen LogP contribution in [0.25, 0.3) is 6.08 Å². The average molecular weight is 337 g/mol. The number of halogens is 3. The molecule has 4 nitrogen and oxygen atoms in total. The number of anilines is 1. The van der Waals surface area contributed by atoms with Crippen LogP contribution in [0.4, 0.5) is 18.9 Å². The van der Waals surface area contributed by atoms with Gasteiger partial charge in [0.2, 0.25) is 5.91 Å². The van der Waals surface area contributed by atoms with E-state index < -0.39 is 12.3 Å². The maximum absolute atomic E-state index is 12.1. The summed E-state index contributed by atoms with van der Waals surface area (Å²) in [6.45, 7) is 0. The van der Waals surface area contributed by atoms with Crippen molar-refractivity contribution in [3.05, 3.63) is 60.2 Å². The summed E-state index contributed by atoms with van der Waals surface area (Å²) in [6.07, 6.45) is -1.87. The van der Waals surface area contributed by atoms with Gasteiger partial charge in [0.05, 0.1) is 7.11 Å². The second-order valence-corrected chi connectivity index (χ2v) is 4.64. The Kier molecular flexibility index (Phi) is 5.47. The molecule has 0 radical (unpaired) electrons. The van der Waals surface area contributed by atoms with Gasteiger partial charge in [-0.1, -0.05) is 18.2 Å². The molecule has 1 N–H and O–H groups in total. The Bertz CT molecular complexity index is 725. The van der Waals surface area contributed by atoms with Gasteiger partial charge in [-0.2, -0.15) is 0 Å². The van der Waals surface area contributed by atoms with E-state index >= 15 is 0 Å². The summed E-state index contributed by atoms with van der Waals surface area (Å²) in [6, 6.07) is 12.0. The highest BCUT2D eigenvalue weighted by Gasteiger charge is 2.30. The van der Waals surface area contributed by atoms with E-state index in [1.807, 2.05) is 0 Å². The van der Waals surface area contributed by atoms with Gasteiger partial charge in [-0.05, 0) is 36.4 Å². The number of alkyl halides is 3. The first-order valence-electron chi connectivity index (χ1n) is 6.85. The van der Waals surface area contributed by atoms with Crippen LogP contribution in [0.3, 0.4) is 0 Å². The molecule has 126 valence electrons. The molecule has 0 aliphatic carbocycles. The van der Waals surface area contributed by atoms with Crippen molar-refractivity contribution in [3.8, 4) is 11.5 Å². The molecule has 0 fully saturated rings. The van der Waals surface area contributed by atoms with E-state index in [2.05, 4.69) is 10.1 Å². The van der Waals surface area contributed by atoms with Crippen molar-refractivity contribution in [3.63, 3.8) is 0 Å². The van der Waals surface area contributed by atoms with Crippen molar-refractivity contribution >= 4 is 17.7 Å². The molecule has 0 bridgehead atoms. The first-order valence-corrected chi connectivity index (χ1v) is 6.85. The molecule has 0 saturated heterocycles. The lowest BCUT2D eigenvalue weighted by Crippen LogP contribution is -2.17. The minimum Gasteiger partial charge on any atom is -0.496 e. The average Bonchev–Trinajstić information content (AvgIpc) is 2.53. The Hall–Kier alpha value is -2.96. The minimum atomic E-state index is -4.75. The lowest BCUT2D eigenvalue weighted by atomic mass is 10.2. The number of methoxy groups -OCH3 is 1. The first kappa shape index (κ1) is 17.4. The molecule has 24 heavy (non-hydrogen) atoms. The maximum Gasteiger partial charge on any atom is 0.573 e. The van der Waals surface area contributed by atoms with Crippen LogP contribution in [0, 0.1) is 0 Å². The Labute approximate surface area is 136 Å². The number of amides is 1. The highest BCUT2D eigenvalue weighted by Crippen LogP contribution is 2.24. The number of hydrogen-bond acceptors (Lipinski definition) is 3. The molecular weight excluding hydrogens is 323 g/mol. The summed E-state index contributed by atoms with van der Waals surface area (Å²) in [4.78, 5) is 11.8. The van der Waals surface area contributed by atoms with Crippen molar-refractivity contribution in [2.75, 3.05) is 12.4 Å². The summed E-state index contributed by atoms with van der Waals surface area (Å²) in [5, 5.41) is 2.54. The fourth-order valence-electron chi connectivity index (χ4n) is 1.89. The van der Waals surface area contributed by atoms with Gasteiger partial charge in [-0.3, -0.25) is 4.79 Å². The zero-order chi connectivity index (χ0) is 17.6. The highest BCUT2D eigenvalue weighted by molar-refractivity contribution is 6.02. The topological polar surface area (TPSA) is 47.6 Å². The molecule has 0 aromatic heterocycles. The quantitative estimate of drug-likeness (QED) is 0.830. The predicted octanol–water partition coefficient (Wildman–Crippen LogP) is 4.25. The van der Waals surface area contributed by atoms with Crippen LogP contribution in [-0.2, 0) is 4.79 Å². The fourth-order valence-corrected chi connectivity index (χ4v) is 1.89. The number of para-hydroxylation sites is 1. The van der Waals surface area contributed by atoms with Crippen LogP contribution in [0.1, 0.15) is 5.56 Å². The Morgan fingerprint density at radius 1 is 1.08 bits per heavy atom. The fraction of sp³-hybridized carbons (Fsp3) is 0.118. The summed E-state index contributed by atoms with van der Waals surface area (Å²) < 4.78 is 45.1. The lowest BCUT2D eigenvalue weighted by molar-refractivity contribution is -0.274. The van der Waals surface area contributed by atoms with Gasteiger partial charge >= 0.3 is 6.36 Å². The Morgan fingerprint density at radius 3 is 2.38 bits per heavy atom. The molecule has 2 aromatic carbocycles. The van der Waals surface area contributed by atoms with Crippen LogP contribution in [0.15, 0.2) is 54.6 Å². The normalized spacial score (nSPS) is 11.3. The summed E-state index contributed by atoms with van der Waals surface area (Å²) in [5.74, 6) is -0.161. The Balaban J connectivity index is 1.98. The minimum absolute atomic E-state index is 0.346. The van der Waals surface area contributed by atoms with Crippen LogP contribution in [0.5, 0.6) is 11.5 Å². The molecule has 0 spiro atoms. The molecule has 0 heterocycles. The number of rotatable bonds is 5. The molecule has 2 aromatic rings. The SMILES string of the molecule is COc1ccccc1C=CC(=O)Nc1ccc(OC(F)(F)F)cc1. The number of ether oxygens (including phenoxy) is 2. The third-order valence-corrected chi connectivity index (χ3v) is 2.91. The van der Waals surface area contributed by atoms with Crippen LogP contribution < -0.4 is 14.8 Å². The lowest BCUT2D eigenvalue weighted by Gasteiger charge is -2.09. The first-order chi connectivity index (χ1) is 11.4. The number of benzene rings is 2. The van der Waals surface area contributed by atoms with Gasteiger partial charge in [0.1, 0.15) is 11.5 Å². The van der Waals surface area contributed by atoms with Gasteiger partial charge in [-0.15, -0.1) is 13.2 Å². The van der Waals surface area contributed by atoms with Gasteiger partial charge in [0, 0.05) is 17.3 Å². The molecule has 0 atom stereocenters. The third kappa shape index (κ3) is 5.35. The van der Waals surface area contributed by atoms with Crippen molar-refractivity contribution in [1.29, 1.82) is 0 Å². The number of hydrogen-bond donors (Lipinski definition) is 1. The van der Waals surface area contributed by atoms with Crippen molar-refractivity contribution in [2.24, 2.45) is 0 Å². The maximum atomic E-state index is 12.1. The van der Waals surface area contributed by atoms with Gasteiger partial charge in [-0.25, -0.2) is 0 Å². The number of carbonyl (C=O) groups excluding carboxylic acids is 1. The molecule has 7 heteroatoms. The van der Waals surface area contributed by atoms with E-state index in [-0.39, 0.29) is 5.75 Å². The van der Waals surface area contributed by atoms with Gasteiger partial charge in [0.15, 0.2) is 0 Å².